The number of amides is 1. The van der Waals surface area contributed by atoms with Crippen LogP contribution in [0.2, 0.25) is 0 Å². The topological polar surface area (TPSA) is 41.6 Å². The Bertz CT molecular complexity index is 560. The summed E-state index contributed by atoms with van der Waals surface area (Å²) in [6.07, 6.45) is 1.22. The average molecular weight is 316 g/mol. The summed E-state index contributed by atoms with van der Waals surface area (Å²) in [6.45, 7) is 8.05. The maximum Gasteiger partial charge on any atom is 0.246 e. The van der Waals surface area contributed by atoms with Crippen LogP contribution in [0.1, 0.15) is 43.4 Å². The number of ether oxygens (including phenoxy) is 1. The number of rotatable bonds is 6. The lowest BCUT2D eigenvalue weighted by Crippen LogP contribution is -2.36. The van der Waals surface area contributed by atoms with Crippen molar-refractivity contribution in [1.29, 1.82) is 0 Å². The van der Waals surface area contributed by atoms with Crippen LogP contribution in [-0.4, -0.2) is 44.2 Å². The largest absolute Gasteiger partial charge is 0.375 e. The number of nitrogens with zero attached hydrogens (tertiary/aromatic N) is 1. The highest BCUT2D eigenvalue weighted by Crippen LogP contribution is 2.49. The van der Waals surface area contributed by atoms with E-state index in [4.69, 9.17) is 4.74 Å². The average Bonchev–Trinajstić information content (AvgIpc) is 3.06. The predicted octanol–water partition coefficient (Wildman–Crippen LogP) is 2.57. The van der Waals surface area contributed by atoms with Crippen molar-refractivity contribution in [2.24, 2.45) is 11.8 Å². The van der Waals surface area contributed by atoms with Gasteiger partial charge in [0.25, 0.3) is 0 Å². The first-order valence-corrected chi connectivity index (χ1v) is 8.73. The molecule has 3 rings (SSSR count). The Morgan fingerprint density at radius 2 is 2.09 bits per heavy atom. The third-order valence-electron chi connectivity index (χ3n) is 5.46. The van der Waals surface area contributed by atoms with Crippen LogP contribution in [-0.2, 0) is 9.53 Å². The zero-order valence-corrected chi connectivity index (χ0v) is 14.4. The van der Waals surface area contributed by atoms with E-state index in [1.54, 1.807) is 7.11 Å². The molecule has 2 aliphatic rings. The van der Waals surface area contributed by atoms with Crippen molar-refractivity contribution in [2.75, 3.05) is 33.4 Å². The molecule has 1 aliphatic heterocycles. The summed E-state index contributed by atoms with van der Waals surface area (Å²) in [5.74, 6) is 1.74. The van der Waals surface area contributed by atoms with E-state index < -0.39 is 0 Å². The van der Waals surface area contributed by atoms with Crippen LogP contribution >= 0.6 is 0 Å². The van der Waals surface area contributed by atoms with Gasteiger partial charge in [0.05, 0.1) is 6.04 Å². The van der Waals surface area contributed by atoms with Crippen LogP contribution in [0.15, 0.2) is 24.3 Å². The molecule has 1 aromatic carbocycles. The second-order valence-electron chi connectivity index (χ2n) is 7.11. The van der Waals surface area contributed by atoms with Crippen LogP contribution < -0.4 is 5.32 Å². The molecule has 23 heavy (non-hydrogen) atoms. The summed E-state index contributed by atoms with van der Waals surface area (Å²) >= 11 is 0. The lowest BCUT2D eigenvalue weighted by Gasteiger charge is -2.24. The predicted molar refractivity (Wildman–Crippen MR) is 91.3 cm³/mol. The van der Waals surface area contributed by atoms with Gasteiger partial charge in [-0.2, -0.15) is 0 Å². The number of carbonyl (C=O) groups is 1. The summed E-state index contributed by atoms with van der Waals surface area (Å²) in [6, 6.07) is 8.73. The second-order valence-corrected chi connectivity index (χ2v) is 7.11. The Morgan fingerprint density at radius 3 is 2.78 bits per heavy atom. The Morgan fingerprint density at radius 1 is 1.35 bits per heavy atom. The molecule has 1 amide bonds. The Hall–Kier alpha value is -1.39. The van der Waals surface area contributed by atoms with Gasteiger partial charge in [-0.15, -0.1) is 0 Å². The maximum absolute atomic E-state index is 12.1. The van der Waals surface area contributed by atoms with Crippen LogP contribution in [0.3, 0.4) is 0 Å². The minimum atomic E-state index is -0.0201. The molecule has 0 bridgehead atoms. The van der Waals surface area contributed by atoms with Gasteiger partial charge < -0.3 is 15.0 Å². The zero-order valence-electron chi connectivity index (χ0n) is 14.4. The van der Waals surface area contributed by atoms with Gasteiger partial charge in [-0.25, -0.2) is 0 Å². The van der Waals surface area contributed by atoms with Gasteiger partial charge in [0.2, 0.25) is 5.91 Å². The number of nitrogens with one attached hydrogen (secondary N) is 1. The quantitative estimate of drug-likeness (QED) is 0.877. The molecule has 4 nitrogen and oxygen atoms in total. The fourth-order valence-corrected chi connectivity index (χ4v) is 4.19. The van der Waals surface area contributed by atoms with Gasteiger partial charge in [-0.3, -0.25) is 4.79 Å². The Balaban J connectivity index is 1.78. The molecule has 0 unspecified atom stereocenters. The van der Waals surface area contributed by atoms with Gasteiger partial charge in [-0.1, -0.05) is 44.5 Å². The molecular formula is C19H28N2O2. The van der Waals surface area contributed by atoms with Crippen LogP contribution in [0.25, 0.3) is 0 Å². The molecule has 1 saturated heterocycles. The minimum Gasteiger partial charge on any atom is -0.375 e. The van der Waals surface area contributed by atoms with Gasteiger partial charge in [0.1, 0.15) is 6.61 Å². The van der Waals surface area contributed by atoms with Gasteiger partial charge in [0, 0.05) is 38.6 Å². The van der Waals surface area contributed by atoms with Crippen molar-refractivity contribution < 1.29 is 9.53 Å². The molecule has 0 saturated carbocycles. The van der Waals surface area contributed by atoms with Gasteiger partial charge >= 0.3 is 0 Å². The van der Waals surface area contributed by atoms with Crippen molar-refractivity contribution in [3.63, 3.8) is 0 Å². The number of hydrogen-bond acceptors (Lipinski definition) is 3. The van der Waals surface area contributed by atoms with Gasteiger partial charge in [-0.05, 0) is 17.0 Å². The first-order chi connectivity index (χ1) is 11.1. The monoisotopic (exact) mass is 316 g/mol. The maximum atomic E-state index is 12.1. The van der Waals surface area contributed by atoms with Crippen molar-refractivity contribution in [3.8, 4) is 0 Å². The highest BCUT2D eigenvalue weighted by Gasteiger charge is 2.46. The number of methoxy groups -OCH3 is 1. The molecule has 1 N–H and O–H groups in total. The highest BCUT2D eigenvalue weighted by atomic mass is 16.5. The lowest BCUT2D eigenvalue weighted by molar-refractivity contribution is -0.125. The van der Waals surface area contributed by atoms with E-state index in [1.807, 2.05) is 0 Å². The van der Waals surface area contributed by atoms with E-state index in [1.165, 1.54) is 17.5 Å². The Labute approximate surface area is 139 Å². The van der Waals surface area contributed by atoms with E-state index in [0.29, 0.717) is 11.8 Å². The molecule has 1 heterocycles. The van der Waals surface area contributed by atoms with Crippen molar-refractivity contribution in [1.82, 2.24) is 10.2 Å². The summed E-state index contributed by atoms with van der Waals surface area (Å²) in [4.78, 5) is 14.6. The molecule has 126 valence electrons. The second kappa shape index (κ2) is 7.02. The third kappa shape index (κ3) is 3.29. The molecule has 1 fully saturated rings. The van der Waals surface area contributed by atoms with E-state index in [0.717, 1.165) is 25.6 Å². The molecular weight excluding hydrogens is 288 g/mol. The minimum absolute atomic E-state index is 0.0201. The van der Waals surface area contributed by atoms with Gasteiger partial charge in [0.15, 0.2) is 0 Å². The third-order valence-corrected chi connectivity index (χ3v) is 5.46. The fraction of sp³-hybridized carbons (Fsp3) is 0.632. The molecule has 1 aliphatic carbocycles. The molecule has 0 aromatic heterocycles. The summed E-state index contributed by atoms with van der Waals surface area (Å²) < 4.78 is 4.98. The molecule has 4 atom stereocenters. The number of benzene rings is 1. The lowest BCUT2D eigenvalue weighted by atomic mass is 9.94. The zero-order chi connectivity index (χ0) is 16.4. The first-order valence-electron chi connectivity index (χ1n) is 8.73. The number of hydrogen-bond donors (Lipinski definition) is 1. The molecule has 4 heteroatoms. The van der Waals surface area contributed by atoms with Crippen molar-refractivity contribution in [2.45, 2.75) is 32.2 Å². The normalized spacial score (nSPS) is 27.5. The number of fused-ring (bicyclic) bond motifs is 3. The standard InChI is InChI=1S/C19H28N2O2/c1-4-13(2)9-21-10-16-14-7-5-6-8-15(14)19(17(16)11-21)20-18(22)12-23-3/h5-8,13,16-17,19H,4,9-12H2,1-3H3,(H,20,22)/t13-,16-,17-,19+/m0/s1. The van der Waals surface area contributed by atoms with E-state index in [9.17, 15) is 4.79 Å². The molecule has 0 radical (unpaired) electrons. The molecule has 0 spiro atoms. The van der Waals surface area contributed by atoms with Crippen molar-refractivity contribution >= 4 is 5.91 Å². The highest BCUT2D eigenvalue weighted by molar-refractivity contribution is 5.78. The Kier molecular flexibility index (Phi) is 5.02. The summed E-state index contributed by atoms with van der Waals surface area (Å²) in [5, 5.41) is 3.20. The van der Waals surface area contributed by atoms with Crippen LogP contribution in [0.5, 0.6) is 0 Å². The molecule has 1 aromatic rings. The van der Waals surface area contributed by atoms with E-state index >= 15 is 0 Å². The summed E-state index contributed by atoms with van der Waals surface area (Å²) in [5.41, 5.74) is 2.72. The SMILES string of the molecule is CC[C@H](C)CN1C[C@@H]2[C@H](NC(=O)COC)c3ccccc3[C@@H]2C1. The summed E-state index contributed by atoms with van der Waals surface area (Å²) in [7, 11) is 1.56. The van der Waals surface area contributed by atoms with Crippen LogP contribution in [0.4, 0.5) is 0 Å². The van der Waals surface area contributed by atoms with E-state index in [2.05, 4.69) is 48.3 Å². The van der Waals surface area contributed by atoms with Crippen LogP contribution in [0, 0.1) is 11.8 Å². The number of likely N-dealkylation sites (tertiary alicyclic amines) is 1. The first kappa shape index (κ1) is 16.5. The number of carbonyl (C=O) groups excluding carboxylic acids is 1. The smallest absolute Gasteiger partial charge is 0.246 e. The fourth-order valence-electron chi connectivity index (χ4n) is 4.19. The van der Waals surface area contributed by atoms with E-state index in [-0.39, 0.29) is 18.6 Å². The van der Waals surface area contributed by atoms with Crippen molar-refractivity contribution in [3.05, 3.63) is 35.4 Å².